The first-order valence-electron chi connectivity index (χ1n) is 4.56. The highest BCUT2D eigenvalue weighted by atomic mass is 32.1. The van der Waals surface area contributed by atoms with E-state index >= 15 is 0 Å². The summed E-state index contributed by atoms with van der Waals surface area (Å²) < 4.78 is 13.0. The molecule has 0 amide bonds. The number of Topliss-reactive ketones (excluding diaryl/α,β-unsaturated/α-hetero) is 1. The molecule has 0 unspecified atom stereocenters. The minimum Gasteiger partial charge on any atom is -0.293 e. The fourth-order valence-electron chi connectivity index (χ4n) is 1.84. The Balaban J connectivity index is 2.17. The summed E-state index contributed by atoms with van der Waals surface area (Å²) in [6.45, 7) is 0. The van der Waals surface area contributed by atoms with Gasteiger partial charge in [-0.1, -0.05) is 12.8 Å². The van der Waals surface area contributed by atoms with Gasteiger partial charge in [0, 0.05) is 5.92 Å². The Labute approximate surface area is 80.6 Å². The summed E-state index contributed by atoms with van der Waals surface area (Å²) in [5, 5.41) is 1.64. The largest absolute Gasteiger partial charge is 0.293 e. The van der Waals surface area contributed by atoms with Gasteiger partial charge in [-0.25, -0.2) is 4.39 Å². The van der Waals surface area contributed by atoms with Crippen molar-refractivity contribution >= 4 is 17.1 Å². The van der Waals surface area contributed by atoms with Crippen LogP contribution in [0.25, 0.3) is 0 Å². The third-order valence-electron chi connectivity index (χ3n) is 2.57. The summed E-state index contributed by atoms with van der Waals surface area (Å²) >= 11 is 1.22. The molecule has 0 radical (unpaired) electrons. The second kappa shape index (κ2) is 3.58. The number of thiophene rings is 1. The minimum atomic E-state index is -0.345. The number of hydrogen-bond acceptors (Lipinski definition) is 2. The molecular formula is C10H11FOS. The molecule has 1 aromatic rings. The predicted molar refractivity (Wildman–Crippen MR) is 50.6 cm³/mol. The summed E-state index contributed by atoms with van der Waals surface area (Å²) in [6, 6.07) is 1.37. The third-order valence-corrected chi connectivity index (χ3v) is 3.47. The van der Waals surface area contributed by atoms with Crippen molar-refractivity contribution in [3.63, 3.8) is 0 Å². The van der Waals surface area contributed by atoms with Gasteiger partial charge in [-0.3, -0.25) is 4.79 Å². The maximum atomic E-state index is 13.0. The molecule has 2 rings (SSSR count). The zero-order chi connectivity index (χ0) is 9.26. The number of halogens is 1. The van der Waals surface area contributed by atoms with Crippen LogP contribution in [0.1, 0.15) is 35.4 Å². The molecule has 0 bridgehead atoms. The van der Waals surface area contributed by atoms with Gasteiger partial charge < -0.3 is 0 Å². The highest BCUT2D eigenvalue weighted by Crippen LogP contribution is 2.30. The summed E-state index contributed by atoms with van der Waals surface area (Å²) in [5.41, 5.74) is 0. The zero-order valence-electron chi connectivity index (χ0n) is 7.25. The maximum absolute atomic E-state index is 13.0. The van der Waals surface area contributed by atoms with Crippen molar-refractivity contribution in [1.29, 1.82) is 0 Å². The van der Waals surface area contributed by atoms with Gasteiger partial charge in [0.15, 0.2) is 5.78 Å². The summed E-state index contributed by atoms with van der Waals surface area (Å²) in [7, 11) is 0. The van der Waals surface area contributed by atoms with E-state index in [1.807, 2.05) is 0 Å². The van der Waals surface area contributed by atoms with Crippen LogP contribution in [0.15, 0.2) is 11.4 Å². The van der Waals surface area contributed by atoms with Crippen LogP contribution in [0, 0.1) is 11.7 Å². The lowest BCUT2D eigenvalue weighted by Crippen LogP contribution is -2.10. The van der Waals surface area contributed by atoms with Crippen molar-refractivity contribution in [2.45, 2.75) is 25.7 Å². The Morgan fingerprint density at radius 2 is 2.15 bits per heavy atom. The van der Waals surface area contributed by atoms with E-state index < -0.39 is 0 Å². The molecule has 1 saturated carbocycles. The van der Waals surface area contributed by atoms with E-state index in [1.54, 1.807) is 5.38 Å². The molecule has 1 aliphatic rings. The summed E-state index contributed by atoms with van der Waals surface area (Å²) in [6.07, 6.45) is 4.11. The Hall–Kier alpha value is -0.700. The average molecular weight is 198 g/mol. The van der Waals surface area contributed by atoms with Crippen LogP contribution in [0.4, 0.5) is 4.39 Å². The molecule has 13 heavy (non-hydrogen) atoms. The molecule has 1 heterocycles. The van der Waals surface area contributed by atoms with E-state index in [1.165, 1.54) is 17.4 Å². The van der Waals surface area contributed by atoms with Gasteiger partial charge in [-0.2, -0.15) is 0 Å². The van der Waals surface area contributed by atoms with E-state index in [4.69, 9.17) is 0 Å². The van der Waals surface area contributed by atoms with E-state index in [0.29, 0.717) is 4.88 Å². The van der Waals surface area contributed by atoms with Gasteiger partial charge in [0.25, 0.3) is 0 Å². The summed E-state index contributed by atoms with van der Waals surface area (Å²) in [5.74, 6) is -0.236. The fourth-order valence-corrected chi connectivity index (χ4v) is 2.63. The van der Waals surface area contributed by atoms with Crippen molar-refractivity contribution in [2.75, 3.05) is 0 Å². The van der Waals surface area contributed by atoms with Gasteiger partial charge in [0.2, 0.25) is 0 Å². The lowest BCUT2D eigenvalue weighted by atomic mass is 10.0. The lowest BCUT2D eigenvalue weighted by molar-refractivity contribution is 0.0923. The van der Waals surface area contributed by atoms with Gasteiger partial charge in [-0.05, 0) is 24.3 Å². The Kier molecular flexibility index (Phi) is 2.44. The topological polar surface area (TPSA) is 17.1 Å². The minimum absolute atomic E-state index is 0.0185. The van der Waals surface area contributed by atoms with Crippen LogP contribution in [0.5, 0.6) is 0 Å². The molecule has 0 N–H and O–H groups in total. The van der Waals surface area contributed by atoms with Crippen LogP contribution in [0.2, 0.25) is 0 Å². The average Bonchev–Trinajstić information content (AvgIpc) is 2.72. The molecule has 1 nitrogen and oxygen atoms in total. The van der Waals surface area contributed by atoms with Gasteiger partial charge >= 0.3 is 0 Å². The van der Waals surface area contributed by atoms with Gasteiger partial charge in [0.1, 0.15) is 10.7 Å². The molecule has 70 valence electrons. The fraction of sp³-hybridized carbons (Fsp3) is 0.500. The first-order chi connectivity index (χ1) is 6.29. The van der Waals surface area contributed by atoms with Crippen LogP contribution in [-0.4, -0.2) is 5.78 Å². The molecule has 0 atom stereocenters. The normalized spacial score (nSPS) is 17.9. The van der Waals surface area contributed by atoms with Crippen molar-refractivity contribution in [1.82, 2.24) is 0 Å². The van der Waals surface area contributed by atoms with Gasteiger partial charge in [0.05, 0.1) is 0 Å². The van der Waals surface area contributed by atoms with Crippen LogP contribution < -0.4 is 0 Å². The monoisotopic (exact) mass is 198 g/mol. The number of ketones is 1. The second-order valence-electron chi connectivity index (χ2n) is 3.44. The van der Waals surface area contributed by atoms with E-state index in [0.717, 1.165) is 25.7 Å². The van der Waals surface area contributed by atoms with Crippen molar-refractivity contribution in [3.05, 3.63) is 22.1 Å². The molecule has 1 aromatic heterocycles. The van der Waals surface area contributed by atoms with Gasteiger partial charge in [-0.15, -0.1) is 11.3 Å². The standard InChI is InChI=1S/C10H11FOS/c11-8-5-6-13-10(8)9(12)7-3-1-2-4-7/h5-7H,1-4H2. The van der Waals surface area contributed by atoms with Crippen LogP contribution >= 0.6 is 11.3 Å². The van der Waals surface area contributed by atoms with E-state index in [-0.39, 0.29) is 17.5 Å². The molecule has 0 spiro atoms. The predicted octanol–water partition coefficient (Wildman–Crippen LogP) is 3.26. The van der Waals surface area contributed by atoms with Crippen LogP contribution in [0.3, 0.4) is 0 Å². The Morgan fingerprint density at radius 1 is 1.46 bits per heavy atom. The summed E-state index contributed by atoms with van der Waals surface area (Å²) in [4.78, 5) is 12.0. The Bertz CT molecular complexity index is 312. The molecular weight excluding hydrogens is 187 g/mol. The number of carbonyl (C=O) groups is 1. The smallest absolute Gasteiger partial charge is 0.178 e. The maximum Gasteiger partial charge on any atom is 0.178 e. The quantitative estimate of drug-likeness (QED) is 0.666. The molecule has 3 heteroatoms. The number of rotatable bonds is 2. The Morgan fingerprint density at radius 3 is 2.69 bits per heavy atom. The molecule has 0 aromatic carbocycles. The molecule has 0 saturated heterocycles. The second-order valence-corrected chi connectivity index (χ2v) is 4.36. The molecule has 1 aliphatic carbocycles. The van der Waals surface area contributed by atoms with Crippen molar-refractivity contribution in [2.24, 2.45) is 5.92 Å². The first kappa shape index (κ1) is 8.88. The van der Waals surface area contributed by atoms with E-state index in [9.17, 15) is 9.18 Å². The van der Waals surface area contributed by atoms with Crippen LogP contribution in [-0.2, 0) is 0 Å². The molecule has 1 fully saturated rings. The van der Waals surface area contributed by atoms with Crippen molar-refractivity contribution < 1.29 is 9.18 Å². The highest BCUT2D eigenvalue weighted by molar-refractivity contribution is 7.12. The third kappa shape index (κ3) is 1.66. The first-order valence-corrected chi connectivity index (χ1v) is 5.44. The number of hydrogen-bond donors (Lipinski definition) is 0. The lowest BCUT2D eigenvalue weighted by Gasteiger charge is -2.04. The van der Waals surface area contributed by atoms with Crippen molar-refractivity contribution in [3.8, 4) is 0 Å². The highest BCUT2D eigenvalue weighted by Gasteiger charge is 2.26. The van der Waals surface area contributed by atoms with E-state index in [2.05, 4.69) is 0 Å². The molecule has 0 aliphatic heterocycles. The zero-order valence-corrected chi connectivity index (χ0v) is 8.07. The SMILES string of the molecule is O=C(c1sccc1F)C1CCCC1. The number of carbonyl (C=O) groups excluding carboxylic acids is 1.